The number of anilines is 3. The minimum absolute atomic E-state index is 0.306. The van der Waals surface area contributed by atoms with Gasteiger partial charge in [0.25, 0.3) is 6.71 Å². The standard InChI is InChI=1S/C52H36BF4NO/c1-52(2,3)37-27-47-50-49(28-37)59-48-26-34(36-23-40(56)30-41(57)24-36)18-20-45(48)53(50)44-19-17-33(35-21-38(54)29-39(55)22-35)25-46(44)58(47)51-42(31-11-6-4-7-12-31)15-10-16-43(51)32-13-8-5-9-14-32/h4-30H,1-3H3. The molecule has 0 aromatic heterocycles. The van der Waals surface area contributed by atoms with Crippen molar-refractivity contribution in [2.45, 2.75) is 26.2 Å². The number of hydrogen-bond acceptors (Lipinski definition) is 2. The Morgan fingerprint density at radius 2 is 0.966 bits per heavy atom. The van der Waals surface area contributed by atoms with Crippen LogP contribution in [0.15, 0.2) is 164 Å². The molecule has 0 atom stereocenters. The second-order valence-corrected chi connectivity index (χ2v) is 16.3. The van der Waals surface area contributed by atoms with Crippen LogP contribution in [0, 0.1) is 23.3 Å². The van der Waals surface area contributed by atoms with E-state index < -0.39 is 23.3 Å². The van der Waals surface area contributed by atoms with E-state index in [1.807, 2.05) is 72.8 Å². The van der Waals surface area contributed by atoms with Gasteiger partial charge >= 0.3 is 0 Å². The third-order valence-electron chi connectivity index (χ3n) is 11.5. The van der Waals surface area contributed by atoms with Gasteiger partial charge in [0.2, 0.25) is 0 Å². The van der Waals surface area contributed by atoms with E-state index in [0.29, 0.717) is 33.8 Å². The maximum Gasteiger partial charge on any atom is 0.256 e. The van der Waals surface area contributed by atoms with Crippen LogP contribution in [-0.2, 0) is 5.41 Å². The molecular formula is C52H36BF4NO. The van der Waals surface area contributed by atoms with Crippen LogP contribution in [0.3, 0.4) is 0 Å². The van der Waals surface area contributed by atoms with E-state index in [2.05, 4.69) is 80.3 Å². The van der Waals surface area contributed by atoms with E-state index in [0.717, 1.165) is 73.4 Å². The smallest absolute Gasteiger partial charge is 0.256 e. The summed E-state index contributed by atoms with van der Waals surface area (Å²) in [6.45, 7) is 6.16. The number of rotatable bonds is 5. The normalized spacial score (nSPS) is 12.7. The lowest BCUT2D eigenvalue weighted by Gasteiger charge is -2.42. The number of fused-ring (bicyclic) bond motifs is 4. The zero-order chi connectivity index (χ0) is 40.6. The van der Waals surface area contributed by atoms with Gasteiger partial charge in [-0.25, -0.2) is 17.6 Å². The minimum Gasteiger partial charge on any atom is -0.458 e. The predicted molar refractivity (Wildman–Crippen MR) is 233 cm³/mol. The molecule has 0 bridgehead atoms. The molecule has 0 unspecified atom stereocenters. The van der Waals surface area contributed by atoms with Crippen molar-refractivity contribution in [2.24, 2.45) is 0 Å². The number of nitrogens with zero attached hydrogens (tertiary/aromatic N) is 1. The molecule has 7 heteroatoms. The quantitative estimate of drug-likeness (QED) is 0.127. The third kappa shape index (κ3) is 6.38. The highest BCUT2D eigenvalue weighted by molar-refractivity contribution is 6.99. The number of hydrogen-bond donors (Lipinski definition) is 0. The summed E-state index contributed by atoms with van der Waals surface area (Å²) in [7, 11) is 0. The maximum absolute atomic E-state index is 14.9. The minimum atomic E-state index is -0.663. The highest BCUT2D eigenvalue weighted by atomic mass is 19.1. The van der Waals surface area contributed by atoms with Gasteiger partial charge in [-0.05, 0) is 109 Å². The van der Waals surface area contributed by atoms with Crippen molar-refractivity contribution in [3.05, 3.63) is 193 Å². The number of halogens is 4. The van der Waals surface area contributed by atoms with Crippen molar-refractivity contribution in [3.63, 3.8) is 0 Å². The van der Waals surface area contributed by atoms with Crippen molar-refractivity contribution in [2.75, 3.05) is 4.90 Å². The van der Waals surface area contributed by atoms with Crippen LogP contribution in [-0.4, -0.2) is 6.71 Å². The van der Waals surface area contributed by atoms with Gasteiger partial charge in [-0.2, -0.15) is 0 Å². The molecular weight excluding hydrogens is 741 g/mol. The number of ether oxygens (including phenoxy) is 1. The van der Waals surface area contributed by atoms with Crippen LogP contribution in [0.1, 0.15) is 26.3 Å². The van der Waals surface area contributed by atoms with E-state index >= 15 is 0 Å². The molecule has 0 fully saturated rings. The number of benzene rings is 8. The molecule has 0 spiro atoms. The van der Waals surface area contributed by atoms with Gasteiger partial charge in [-0.3, -0.25) is 0 Å². The molecule has 2 aliphatic rings. The van der Waals surface area contributed by atoms with Gasteiger partial charge < -0.3 is 9.64 Å². The summed E-state index contributed by atoms with van der Waals surface area (Å²) in [5.41, 5.74) is 12.3. The monoisotopic (exact) mass is 777 g/mol. The Morgan fingerprint density at radius 1 is 0.441 bits per heavy atom. The van der Waals surface area contributed by atoms with Crippen LogP contribution >= 0.6 is 0 Å². The van der Waals surface area contributed by atoms with Gasteiger partial charge in [-0.15, -0.1) is 0 Å². The summed E-state index contributed by atoms with van der Waals surface area (Å²) in [6, 6.07) is 50.1. The van der Waals surface area contributed by atoms with E-state index in [1.54, 1.807) is 0 Å². The molecule has 2 nitrogen and oxygen atoms in total. The molecule has 2 heterocycles. The molecule has 8 aromatic carbocycles. The fourth-order valence-electron chi connectivity index (χ4n) is 8.70. The zero-order valence-corrected chi connectivity index (χ0v) is 32.5. The van der Waals surface area contributed by atoms with Crippen LogP contribution in [0.5, 0.6) is 11.5 Å². The third-order valence-corrected chi connectivity index (χ3v) is 11.5. The SMILES string of the molecule is CC(C)(C)c1cc2c3c(c1)N(c1c(-c4ccccc4)cccc1-c1ccccc1)c1cc(-c4cc(F)cc(F)c4)ccc1B3c1ccc(-c3cc(F)cc(F)c3)cc1O2. The highest BCUT2D eigenvalue weighted by Crippen LogP contribution is 2.50. The average Bonchev–Trinajstić information content (AvgIpc) is 3.22. The van der Waals surface area contributed by atoms with Crippen molar-refractivity contribution >= 4 is 40.2 Å². The first-order valence-electron chi connectivity index (χ1n) is 19.6. The van der Waals surface area contributed by atoms with E-state index in [-0.39, 0.29) is 12.1 Å². The van der Waals surface area contributed by atoms with Gasteiger partial charge in [-0.1, -0.05) is 124 Å². The fraction of sp³-hybridized carbons (Fsp3) is 0.0769. The van der Waals surface area contributed by atoms with Crippen molar-refractivity contribution < 1.29 is 22.3 Å². The Morgan fingerprint density at radius 3 is 1.51 bits per heavy atom. The van der Waals surface area contributed by atoms with Crippen molar-refractivity contribution in [1.82, 2.24) is 0 Å². The summed E-state index contributed by atoms with van der Waals surface area (Å²) >= 11 is 0. The Balaban J connectivity index is 1.31. The molecule has 286 valence electrons. The summed E-state index contributed by atoms with van der Waals surface area (Å²) in [5, 5.41) is 0. The first-order valence-corrected chi connectivity index (χ1v) is 19.6. The largest absolute Gasteiger partial charge is 0.458 e. The number of para-hydroxylation sites is 1. The molecule has 2 aliphatic heterocycles. The molecule has 59 heavy (non-hydrogen) atoms. The van der Waals surface area contributed by atoms with Crippen LogP contribution in [0.4, 0.5) is 34.6 Å². The molecule has 0 N–H and O–H groups in total. The van der Waals surface area contributed by atoms with Gasteiger partial charge in [0.05, 0.1) is 5.69 Å². The first-order chi connectivity index (χ1) is 28.5. The van der Waals surface area contributed by atoms with Crippen LogP contribution < -0.4 is 26.0 Å². The molecule has 0 radical (unpaired) electrons. The molecule has 0 saturated carbocycles. The molecule has 10 rings (SSSR count). The summed E-state index contributed by atoms with van der Waals surface area (Å²) in [4.78, 5) is 2.31. The van der Waals surface area contributed by atoms with Crippen molar-refractivity contribution in [1.29, 1.82) is 0 Å². The van der Waals surface area contributed by atoms with Crippen molar-refractivity contribution in [3.8, 4) is 56.0 Å². The summed E-state index contributed by atoms with van der Waals surface area (Å²) in [5.74, 6) is -1.39. The molecule has 0 amide bonds. The fourth-order valence-corrected chi connectivity index (χ4v) is 8.70. The Bertz CT molecular complexity index is 2860. The molecule has 0 aliphatic carbocycles. The second kappa shape index (κ2) is 13.9. The molecule has 8 aromatic rings. The topological polar surface area (TPSA) is 12.5 Å². The second-order valence-electron chi connectivity index (χ2n) is 16.3. The summed E-state index contributed by atoms with van der Waals surface area (Å²) < 4.78 is 65.6. The maximum atomic E-state index is 14.9. The first kappa shape index (κ1) is 36.5. The Labute approximate surface area is 341 Å². The lowest BCUT2D eigenvalue weighted by atomic mass is 9.34. The Hall–Kier alpha value is -6.86. The van der Waals surface area contributed by atoms with E-state index in [1.165, 1.54) is 24.3 Å². The van der Waals surface area contributed by atoms with Gasteiger partial charge in [0.1, 0.15) is 34.8 Å². The van der Waals surface area contributed by atoms with E-state index in [4.69, 9.17) is 4.74 Å². The zero-order valence-electron chi connectivity index (χ0n) is 32.5. The van der Waals surface area contributed by atoms with Gasteiger partial charge in [0, 0.05) is 34.6 Å². The van der Waals surface area contributed by atoms with E-state index in [9.17, 15) is 17.6 Å². The lowest BCUT2D eigenvalue weighted by Crippen LogP contribution is -2.59. The molecule has 0 saturated heterocycles. The summed E-state index contributed by atoms with van der Waals surface area (Å²) in [6.07, 6.45) is 0. The average molecular weight is 778 g/mol. The van der Waals surface area contributed by atoms with Gasteiger partial charge in [0.15, 0.2) is 0 Å². The van der Waals surface area contributed by atoms with Crippen LogP contribution in [0.2, 0.25) is 0 Å². The Kier molecular flexibility index (Phi) is 8.60. The lowest BCUT2D eigenvalue weighted by molar-refractivity contribution is 0.483. The van der Waals surface area contributed by atoms with Crippen LogP contribution in [0.25, 0.3) is 44.5 Å². The predicted octanol–water partition coefficient (Wildman–Crippen LogP) is 12.6. The highest BCUT2D eigenvalue weighted by Gasteiger charge is 2.44.